The van der Waals surface area contributed by atoms with Crippen LogP contribution in [-0.4, -0.2) is 40.8 Å². The summed E-state index contributed by atoms with van der Waals surface area (Å²) in [5.41, 5.74) is 1.50. The average Bonchev–Trinajstić information content (AvgIpc) is 2.96. The number of hydrogen-bond donors (Lipinski definition) is 1. The lowest BCUT2D eigenvalue weighted by atomic mass is 10.2. The van der Waals surface area contributed by atoms with Gasteiger partial charge in [0.1, 0.15) is 5.76 Å². The number of thioether (sulfide) groups is 1. The lowest BCUT2D eigenvalue weighted by molar-refractivity contribution is 0.0728. The van der Waals surface area contributed by atoms with Gasteiger partial charge in [0.05, 0.1) is 23.6 Å². The maximum absolute atomic E-state index is 12.6. The van der Waals surface area contributed by atoms with Crippen molar-refractivity contribution in [3.63, 3.8) is 0 Å². The molecule has 0 fully saturated rings. The molecule has 1 heterocycles. The number of aromatic nitrogens is 1. The molecule has 0 spiro atoms. The van der Waals surface area contributed by atoms with Crippen LogP contribution >= 0.6 is 11.8 Å². The maximum Gasteiger partial charge on any atom is 0.255 e. The molecule has 0 aliphatic rings. The number of carbonyl (C=O) groups is 1. The van der Waals surface area contributed by atoms with Gasteiger partial charge in [-0.15, -0.1) is 11.8 Å². The Balaban J connectivity index is 2.13. The molecule has 0 atom stereocenters. The first-order valence-corrected chi connectivity index (χ1v) is 8.18. The Morgan fingerprint density at radius 3 is 2.82 bits per heavy atom. The summed E-state index contributed by atoms with van der Waals surface area (Å²) in [6.45, 7) is 4.66. The van der Waals surface area contributed by atoms with Crippen LogP contribution in [-0.2, 0) is 5.75 Å². The second-order valence-electron chi connectivity index (χ2n) is 4.83. The van der Waals surface area contributed by atoms with Crippen molar-refractivity contribution in [2.24, 2.45) is 0 Å². The van der Waals surface area contributed by atoms with E-state index in [0.717, 1.165) is 16.3 Å². The van der Waals surface area contributed by atoms with E-state index in [9.17, 15) is 4.79 Å². The molecule has 2 rings (SSSR count). The number of amides is 1. The SMILES string of the molecule is CCN(CCO)C(=O)c1ccccc1SCc1cc(C)no1. The Labute approximate surface area is 134 Å². The average molecular weight is 320 g/mol. The molecule has 0 aliphatic carbocycles. The minimum absolute atomic E-state index is 0.0355. The van der Waals surface area contributed by atoms with Crippen molar-refractivity contribution in [1.82, 2.24) is 10.1 Å². The third kappa shape index (κ3) is 4.11. The zero-order chi connectivity index (χ0) is 15.9. The smallest absolute Gasteiger partial charge is 0.255 e. The van der Waals surface area contributed by atoms with E-state index in [1.165, 1.54) is 0 Å². The van der Waals surface area contributed by atoms with E-state index in [-0.39, 0.29) is 12.5 Å². The molecule has 1 amide bonds. The molecule has 1 N–H and O–H groups in total. The van der Waals surface area contributed by atoms with Crippen molar-refractivity contribution >= 4 is 17.7 Å². The van der Waals surface area contributed by atoms with Crippen LogP contribution in [0.1, 0.15) is 28.7 Å². The van der Waals surface area contributed by atoms with Crippen molar-refractivity contribution in [1.29, 1.82) is 0 Å². The highest BCUT2D eigenvalue weighted by Crippen LogP contribution is 2.27. The van der Waals surface area contributed by atoms with Gasteiger partial charge in [0.2, 0.25) is 0 Å². The van der Waals surface area contributed by atoms with E-state index in [0.29, 0.717) is 24.4 Å². The van der Waals surface area contributed by atoms with E-state index in [2.05, 4.69) is 5.16 Å². The minimum atomic E-state index is -0.0617. The van der Waals surface area contributed by atoms with Crippen molar-refractivity contribution in [3.05, 3.63) is 47.3 Å². The highest BCUT2D eigenvalue weighted by atomic mass is 32.2. The first-order valence-electron chi connectivity index (χ1n) is 7.19. The van der Waals surface area contributed by atoms with Gasteiger partial charge in [-0.25, -0.2) is 0 Å². The van der Waals surface area contributed by atoms with E-state index in [1.54, 1.807) is 16.7 Å². The van der Waals surface area contributed by atoms with E-state index in [1.807, 2.05) is 44.2 Å². The predicted octanol–water partition coefficient (Wildman–Crippen LogP) is 2.73. The molecule has 118 valence electrons. The summed E-state index contributed by atoms with van der Waals surface area (Å²) in [5, 5.41) is 12.9. The summed E-state index contributed by atoms with van der Waals surface area (Å²) in [4.78, 5) is 15.1. The molecule has 6 heteroatoms. The molecule has 0 radical (unpaired) electrons. The van der Waals surface area contributed by atoms with Crippen LogP contribution < -0.4 is 0 Å². The molecular formula is C16H20N2O3S. The summed E-state index contributed by atoms with van der Waals surface area (Å²) >= 11 is 1.54. The highest BCUT2D eigenvalue weighted by Gasteiger charge is 2.17. The topological polar surface area (TPSA) is 66.6 Å². The van der Waals surface area contributed by atoms with Crippen LogP contribution in [0.2, 0.25) is 0 Å². The van der Waals surface area contributed by atoms with Crippen LogP contribution in [0.4, 0.5) is 0 Å². The fourth-order valence-corrected chi connectivity index (χ4v) is 3.02. The van der Waals surface area contributed by atoms with Gasteiger partial charge in [-0.1, -0.05) is 17.3 Å². The second-order valence-corrected chi connectivity index (χ2v) is 5.85. The molecule has 5 nitrogen and oxygen atoms in total. The summed E-state index contributed by atoms with van der Waals surface area (Å²) in [5.74, 6) is 1.35. The van der Waals surface area contributed by atoms with Gasteiger partial charge in [-0.2, -0.15) is 0 Å². The van der Waals surface area contributed by atoms with Crippen LogP contribution in [0.15, 0.2) is 39.8 Å². The predicted molar refractivity (Wildman–Crippen MR) is 85.9 cm³/mol. The normalized spacial score (nSPS) is 10.7. The quantitative estimate of drug-likeness (QED) is 0.795. The molecule has 0 unspecified atom stereocenters. The molecule has 1 aromatic heterocycles. The van der Waals surface area contributed by atoms with Gasteiger partial charge in [0, 0.05) is 24.1 Å². The second kappa shape index (κ2) is 8.00. The Morgan fingerprint density at radius 2 is 2.18 bits per heavy atom. The molecule has 0 saturated heterocycles. The van der Waals surface area contributed by atoms with Gasteiger partial charge < -0.3 is 14.5 Å². The molecule has 0 saturated carbocycles. The van der Waals surface area contributed by atoms with Crippen molar-refractivity contribution in [2.75, 3.05) is 19.7 Å². The number of aryl methyl sites for hydroxylation is 1. The number of nitrogens with zero attached hydrogens (tertiary/aromatic N) is 2. The van der Waals surface area contributed by atoms with Crippen molar-refractivity contribution in [2.45, 2.75) is 24.5 Å². The number of rotatable bonds is 7. The van der Waals surface area contributed by atoms with Gasteiger partial charge in [0.15, 0.2) is 0 Å². The number of hydrogen-bond acceptors (Lipinski definition) is 5. The van der Waals surface area contributed by atoms with Crippen LogP contribution in [0, 0.1) is 6.92 Å². The maximum atomic E-state index is 12.6. The molecular weight excluding hydrogens is 300 g/mol. The number of aliphatic hydroxyl groups excluding tert-OH is 1. The zero-order valence-electron chi connectivity index (χ0n) is 12.8. The van der Waals surface area contributed by atoms with Crippen LogP contribution in [0.25, 0.3) is 0 Å². The van der Waals surface area contributed by atoms with Crippen LogP contribution in [0.3, 0.4) is 0 Å². The monoisotopic (exact) mass is 320 g/mol. The summed E-state index contributed by atoms with van der Waals surface area (Å²) in [6, 6.07) is 9.39. The minimum Gasteiger partial charge on any atom is -0.395 e. The fraction of sp³-hybridized carbons (Fsp3) is 0.375. The number of benzene rings is 1. The standard InChI is InChI=1S/C16H20N2O3S/c1-3-18(8-9-19)16(20)14-6-4-5-7-15(14)22-11-13-10-12(2)17-21-13/h4-7,10,19H,3,8-9,11H2,1-2H3. The van der Waals surface area contributed by atoms with Gasteiger partial charge >= 0.3 is 0 Å². The fourth-order valence-electron chi connectivity index (χ4n) is 2.10. The number of carbonyl (C=O) groups excluding carboxylic acids is 1. The first-order chi connectivity index (χ1) is 10.7. The number of likely N-dealkylation sites (N-methyl/N-ethyl adjacent to an activating group) is 1. The van der Waals surface area contributed by atoms with E-state index >= 15 is 0 Å². The third-order valence-corrected chi connectivity index (χ3v) is 4.30. The summed E-state index contributed by atoms with van der Waals surface area (Å²) < 4.78 is 5.19. The highest BCUT2D eigenvalue weighted by molar-refractivity contribution is 7.98. The van der Waals surface area contributed by atoms with Gasteiger partial charge in [-0.3, -0.25) is 4.79 Å². The lowest BCUT2D eigenvalue weighted by Crippen LogP contribution is -2.33. The Kier molecular flexibility index (Phi) is 6.03. The molecule has 0 bridgehead atoms. The van der Waals surface area contributed by atoms with E-state index in [4.69, 9.17) is 9.63 Å². The molecule has 0 aliphatic heterocycles. The Hall–Kier alpha value is -1.79. The van der Waals surface area contributed by atoms with Crippen molar-refractivity contribution < 1.29 is 14.4 Å². The third-order valence-electron chi connectivity index (χ3n) is 3.20. The van der Waals surface area contributed by atoms with E-state index < -0.39 is 0 Å². The molecule has 1 aromatic carbocycles. The molecule has 22 heavy (non-hydrogen) atoms. The van der Waals surface area contributed by atoms with Crippen molar-refractivity contribution in [3.8, 4) is 0 Å². The zero-order valence-corrected chi connectivity index (χ0v) is 13.6. The van der Waals surface area contributed by atoms with Gasteiger partial charge in [0.25, 0.3) is 5.91 Å². The van der Waals surface area contributed by atoms with Gasteiger partial charge in [-0.05, 0) is 26.0 Å². The summed E-state index contributed by atoms with van der Waals surface area (Å²) in [6.07, 6.45) is 0. The lowest BCUT2D eigenvalue weighted by Gasteiger charge is -2.21. The van der Waals surface area contributed by atoms with Crippen LogP contribution in [0.5, 0.6) is 0 Å². The Bertz CT molecular complexity index is 627. The largest absolute Gasteiger partial charge is 0.395 e. The number of aliphatic hydroxyl groups is 1. The summed E-state index contributed by atoms with van der Waals surface area (Å²) in [7, 11) is 0. The Morgan fingerprint density at radius 1 is 1.41 bits per heavy atom. The molecule has 2 aromatic rings. The first kappa shape index (κ1) is 16.6.